The van der Waals surface area contributed by atoms with Crippen LogP contribution in [0.4, 0.5) is 5.95 Å². The maximum absolute atomic E-state index is 10.2. The highest BCUT2D eigenvalue weighted by molar-refractivity contribution is 5.84. The number of phenolic OH excluding ortho intramolecular Hbond substituents is 1. The molecule has 3 aromatic heterocycles. The first-order chi connectivity index (χ1) is 15.2. The molecule has 1 aromatic carbocycles. The number of hydrogen-bond donors (Lipinski definition) is 3. The van der Waals surface area contributed by atoms with E-state index in [1.54, 1.807) is 12.1 Å². The van der Waals surface area contributed by atoms with Crippen molar-refractivity contribution in [2.45, 2.75) is 25.3 Å². The van der Waals surface area contributed by atoms with E-state index < -0.39 is 0 Å². The molecule has 0 amide bonds. The summed E-state index contributed by atoms with van der Waals surface area (Å²) in [7, 11) is 1.92. The van der Waals surface area contributed by atoms with Crippen LogP contribution >= 0.6 is 0 Å². The highest BCUT2D eigenvalue weighted by Gasteiger charge is 2.25. The molecule has 1 aliphatic heterocycles. The minimum absolute atomic E-state index is 0.210. The summed E-state index contributed by atoms with van der Waals surface area (Å²) < 4.78 is 0. The van der Waals surface area contributed by atoms with Gasteiger partial charge in [-0.1, -0.05) is 12.1 Å². The molecule has 31 heavy (non-hydrogen) atoms. The van der Waals surface area contributed by atoms with Gasteiger partial charge in [-0.25, -0.2) is 9.97 Å². The SMILES string of the molecule is CNCc1cnc(N2CCC(c3c[nH]c4nnc(-c5ccccc5O)cc34)CC2)nc1. The zero-order valence-electron chi connectivity index (χ0n) is 17.4. The molecule has 1 saturated heterocycles. The van der Waals surface area contributed by atoms with Gasteiger partial charge in [-0.2, -0.15) is 0 Å². The third kappa shape index (κ3) is 3.82. The van der Waals surface area contributed by atoms with Gasteiger partial charge in [0.25, 0.3) is 0 Å². The third-order valence-electron chi connectivity index (χ3n) is 5.94. The minimum atomic E-state index is 0.210. The van der Waals surface area contributed by atoms with Crippen LogP contribution in [0.15, 0.2) is 48.9 Å². The smallest absolute Gasteiger partial charge is 0.225 e. The largest absolute Gasteiger partial charge is 0.507 e. The highest BCUT2D eigenvalue weighted by Crippen LogP contribution is 2.35. The lowest BCUT2D eigenvalue weighted by molar-refractivity contribution is 0.477. The number of nitrogens with one attached hydrogen (secondary N) is 2. The second-order valence-electron chi connectivity index (χ2n) is 7.94. The van der Waals surface area contributed by atoms with E-state index in [9.17, 15) is 5.11 Å². The Hall–Kier alpha value is -3.52. The average Bonchev–Trinajstić information content (AvgIpc) is 3.24. The standard InChI is InChI=1S/C23H25N7O/c1-24-11-15-12-26-23(27-13-15)30-8-6-16(7-9-30)19-14-25-22-18(19)10-20(28-29-22)17-4-2-3-5-21(17)31/h2-5,10,12-14,16,24,31H,6-9,11H2,1H3,(H,25,29). The molecule has 1 fully saturated rings. The van der Waals surface area contributed by atoms with Crippen LogP contribution in [0.5, 0.6) is 5.75 Å². The molecule has 3 N–H and O–H groups in total. The van der Waals surface area contributed by atoms with Crippen molar-refractivity contribution in [2.75, 3.05) is 25.0 Å². The van der Waals surface area contributed by atoms with Gasteiger partial charge in [-0.3, -0.25) is 0 Å². The fourth-order valence-electron chi connectivity index (χ4n) is 4.30. The van der Waals surface area contributed by atoms with E-state index in [-0.39, 0.29) is 5.75 Å². The summed E-state index contributed by atoms with van der Waals surface area (Å²) in [6.45, 7) is 2.59. The van der Waals surface area contributed by atoms with Crippen molar-refractivity contribution in [1.29, 1.82) is 0 Å². The number of aromatic amines is 1. The molecule has 0 unspecified atom stereocenters. The average molecular weight is 416 g/mol. The van der Waals surface area contributed by atoms with E-state index in [0.29, 0.717) is 17.2 Å². The Bertz CT molecular complexity index is 1180. The molecular formula is C23H25N7O. The van der Waals surface area contributed by atoms with Crippen molar-refractivity contribution in [3.05, 3.63) is 60.0 Å². The van der Waals surface area contributed by atoms with Crippen LogP contribution in [-0.2, 0) is 6.54 Å². The quantitative estimate of drug-likeness (QED) is 0.460. The third-order valence-corrected chi connectivity index (χ3v) is 5.94. The maximum atomic E-state index is 10.2. The van der Waals surface area contributed by atoms with E-state index in [1.165, 1.54) is 5.56 Å². The van der Waals surface area contributed by atoms with E-state index in [2.05, 4.69) is 41.6 Å². The van der Waals surface area contributed by atoms with Crippen molar-refractivity contribution in [1.82, 2.24) is 30.5 Å². The summed E-state index contributed by atoms with van der Waals surface area (Å²) in [6, 6.07) is 9.25. The van der Waals surface area contributed by atoms with Crippen LogP contribution in [0.3, 0.4) is 0 Å². The molecule has 0 saturated carbocycles. The van der Waals surface area contributed by atoms with Gasteiger partial charge in [0.05, 0.1) is 5.69 Å². The molecule has 0 bridgehead atoms. The van der Waals surface area contributed by atoms with Crippen LogP contribution in [-0.4, -0.2) is 50.4 Å². The maximum Gasteiger partial charge on any atom is 0.225 e. The molecule has 4 heterocycles. The molecule has 4 aromatic rings. The van der Waals surface area contributed by atoms with Crippen LogP contribution < -0.4 is 10.2 Å². The number of aromatic hydroxyl groups is 1. The van der Waals surface area contributed by atoms with Gasteiger partial charge < -0.3 is 20.3 Å². The molecule has 158 valence electrons. The number of hydrogen-bond acceptors (Lipinski definition) is 7. The first-order valence-corrected chi connectivity index (χ1v) is 10.6. The fraction of sp³-hybridized carbons (Fsp3) is 0.304. The summed E-state index contributed by atoms with van der Waals surface area (Å²) in [4.78, 5) is 14.6. The normalized spacial score (nSPS) is 14.9. The van der Waals surface area contributed by atoms with Crippen molar-refractivity contribution in [3.63, 3.8) is 0 Å². The molecule has 0 atom stereocenters. The first-order valence-electron chi connectivity index (χ1n) is 10.6. The molecule has 8 heteroatoms. The van der Waals surface area contributed by atoms with Gasteiger partial charge in [-0.15, -0.1) is 10.2 Å². The van der Waals surface area contributed by atoms with E-state index in [4.69, 9.17) is 0 Å². The summed E-state index contributed by atoms with van der Waals surface area (Å²) >= 11 is 0. The Kier molecular flexibility index (Phi) is 5.21. The number of piperidine rings is 1. The fourth-order valence-corrected chi connectivity index (χ4v) is 4.30. The molecule has 8 nitrogen and oxygen atoms in total. The Labute approximate surface area is 180 Å². The highest BCUT2D eigenvalue weighted by atomic mass is 16.3. The zero-order chi connectivity index (χ0) is 21.2. The van der Waals surface area contributed by atoms with Crippen LogP contribution in [0, 0.1) is 0 Å². The van der Waals surface area contributed by atoms with Crippen molar-refractivity contribution < 1.29 is 5.11 Å². The number of para-hydroxylation sites is 1. The lowest BCUT2D eigenvalue weighted by atomic mass is 9.89. The summed E-state index contributed by atoms with van der Waals surface area (Å²) in [5, 5.41) is 23.0. The molecule has 0 aliphatic carbocycles. The second kappa shape index (κ2) is 8.31. The van der Waals surface area contributed by atoms with Crippen molar-refractivity contribution in [3.8, 4) is 17.0 Å². The number of nitrogens with zero attached hydrogens (tertiary/aromatic N) is 5. The van der Waals surface area contributed by atoms with Crippen LogP contribution in [0.1, 0.15) is 29.9 Å². The predicted molar refractivity (Wildman–Crippen MR) is 120 cm³/mol. The van der Waals surface area contributed by atoms with Crippen LogP contribution in [0.25, 0.3) is 22.3 Å². The molecule has 0 radical (unpaired) electrons. The van der Waals surface area contributed by atoms with Gasteiger partial charge in [0.15, 0.2) is 5.65 Å². The Morgan fingerprint density at radius 2 is 1.90 bits per heavy atom. The van der Waals surface area contributed by atoms with Gasteiger partial charge in [0, 0.05) is 54.7 Å². The van der Waals surface area contributed by atoms with Crippen LogP contribution in [0.2, 0.25) is 0 Å². The lowest BCUT2D eigenvalue weighted by Gasteiger charge is -2.32. The summed E-state index contributed by atoms with van der Waals surface area (Å²) in [6.07, 6.45) is 7.87. The van der Waals surface area contributed by atoms with E-state index in [1.807, 2.05) is 37.6 Å². The summed E-state index contributed by atoms with van der Waals surface area (Å²) in [5.74, 6) is 1.43. The molecule has 1 aliphatic rings. The number of H-pyrrole nitrogens is 1. The summed E-state index contributed by atoms with van der Waals surface area (Å²) in [5.41, 5.74) is 4.49. The monoisotopic (exact) mass is 415 g/mol. The molecule has 0 spiro atoms. The minimum Gasteiger partial charge on any atom is -0.507 e. The van der Waals surface area contributed by atoms with E-state index in [0.717, 1.165) is 55.0 Å². The first kappa shape index (κ1) is 19.4. The van der Waals surface area contributed by atoms with Gasteiger partial charge >= 0.3 is 0 Å². The number of anilines is 1. The number of aromatic nitrogens is 5. The van der Waals surface area contributed by atoms with Crippen molar-refractivity contribution in [2.24, 2.45) is 0 Å². The number of rotatable bonds is 5. The van der Waals surface area contributed by atoms with E-state index >= 15 is 0 Å². The Balaban J connectivity index is 1.35. The number of phenols is 1. The molecular weight excluding hydrogens is 390 g/mol. The second-order valence-corrected chi connectivity index (χ2v) is 7.94. The van der Waals surface area contributed by atoms with Gasteiger partial charge in [-0.05, 0) is 49.6 Å². The topological polar surface area (TPSA) is 103 Å². The Morgan fingerprint density at radius 3 is 2.65 bits per heavy atom. The Morgan fingerprint density at radius 1 is 1.13 bits per heavy atom. The number of fused-ring (bicyclic) bond motifs is 1. The lowest BCUT2D eigenvalue weighted by Crippen LogP contribution is -2.34. The number of benzene rings is 1. The predicted octanol–water partition coefficient (Wildman–Crippen LogP) is 3.22. The van der Waals surface area contributed by atoms with Gasteiger partial charge in [0.2, 0.25) is 5.95 Å². The zero-order valence-corrected chi connectivity index (χ0v) is 17.4. The molecule has 5 rings (SSSR count). The van der Waals surface area contributed by atoms with Gasteiger partial charge in [0.1, 0.15) is 5.75 Å². The van der Waals surface area contributed by atoms with Crippen molar-refractivity contribution >= 4 is 17.0 Å².